The van der Waals surface area contributed by atoms with E-state index in [-0.39, 0.29) is 16.6 Å². The van der Waals surface area contributed by atoms with Gasteiger partial charge in [-0.2, -0.15) is 0 Å². The Kier molecular flexibility index (Phi) is 4.56. The van der Waals surface area contributed by atoms with Gasteiger partial charge in [0.05, 0.1) is 5.69 Å². The van der Waals surface area contributed by atoms with E-state index in [0.717, 1.165) is 11.1 Å². The van der Waals surface area contributed by atoms with Crippen LogP contribution in [0.5, 0.6) is 0 Å². The van der Waals surface area contributed by atoms with E-state index < -0.39 is 10.0 Å². The molecule has 0 fully saturated rings. The molecular weight excluding hydrogens is 308 g/mol. The number of nitrogen functional groups attached to an aromatic ring is 1. The van der Waals surface area contributed by atoms with Crippen molar-refractivity contribution in [1.29, 1.82) is 0 Å². The van der Waals surface area contributed by atoms with Crippen molar-refractivity contribution < 1.29 is 8.42 Å². The fourth-order valence-corrected chi connectivity index (χ4v) is 3.71. The largest absolute Gasteiger partial charge is 0.398 e. The Morgan fingerprint density at radius 2 is 1.86 bits per heavy atom. The smallest absolute Gasteiger partial charge is 0.243 e. The highest BCUT2D eigenvalue weighted by Gasteiger charge is 2.21. The number of rotatable bonds is 4. The molecule has 21 heavy (non-hydrogen) atoms. The minimum atomic E-state index is -3.71. The lowest BCUT2D eigenvalue weighted by Crippen LogP contribution is -2.28. The number of nitrogens with one attached hydrogen (secondary N) is 1. The number of anilines is 1. The average Bonchev–Trinajstić information content (AvgIpc) is 2.37. The average molecular weight is 325 g/mol. The standard InChI is InChI=1S/C15H17ClN2O2S/c1-10-5-3-4-6-13(10)11(2)18-21(19,20)15-8-7-12(16)9-14(15)17/h3-9,11,18H,17H2,1-2H3. The predicted molar refractivity (Wildman–Crippen MR) is 85.8 cm³/mol. The molecule has 3 N–H and O–H groups in total. The number of hydrogen-bond acceptors (Lipinski definition) is 3. The molecule has 112 valence electrons. The van der Waals surface area contributed by atoms with Gasteiger partial charge in [-0.05, 0) is 43.2 Å². The molecule has 2 aromatic rings. The Bertz CT molecular complexity index is 760. The van der Waals surface area contributed by atoms with Crippen LogP contribution < -0.4 is 10.5 Å². The summed E-state index contributed by atoms with van der Waals surface area (Å²) in [7, 11) is -3.71. The lowest BCUT2D eigenvalue weighted by atomic mass is 10.0. The van der Waals surface area contributed by atoms with Gasteiger partial charge in [-0.1, -0.05) is 35.9 Å². The second-order valence-corrected chi connectivity index (χ2v) is 7.00. The molecule has 0 amide bonds. The summed E-state index contributed by atoms with van der Waals surface area (Å²) in [5.41, 5.74) is 7.83. The van der Waals surface area contributed by atoms with Crippen LogP contribution in [0.1, 0.15) is 24.1 Å². The van der Waals surface area contributed by atoms with E-state index >= 15 is 0 Å². The molecule has 4 nitrogen and oxygen atoms in total. The normalized spacial score (nSPS) is 13.1. The van der Waals surface area contributed by atoms with Gasteiger partial charge in [0.2, 0.25) is 10.0 Å². The van der Waals surface area contributed by atoms with Gasteiger partial charge in [-0.3, -0.25) is 0 Å². The number of nitrogens with two attached hydrogens (primary N) is 1. The number of hydrogen-bond donors (Lipinski definition) is 2. The van der Waals surface area contributed by atoms with Gasteiger partial charge in [0.1, 0.15) is 4.90 Å². The van der Waals surface area contributed by atoms with Crippen LogP contribution in [0.15, 0.2) is 47.4 Å². The van der Waals surface area contributed by atoms with Crippen LogP contribution in [0.4, 0.5) is 5.69 Å². The Morgan fingerprint density at radius 1 is 1.19 bits per heavy atom. The number of halogens is 1. The maximum atomic E-state index is 12.4. The van der Waals surface area contributed by atoms with Crippen molar-refractivity contribution in [3.05, 3.63) is 58.6 Å². The second-order valence-electron chi connectivity index (χ2n) is 4.88. The fourth-order valence-electron chi connectivity index (χ4n) is 2.20. The molecule has 2 aromatic carbocycles. The SMILES string of the molecule is Cc1ccccc1C(C)NS(=O)(=O)c1ccc(Cl)cc1N. The van der Waals surface area contributed by atoms with E-state index in [1.807, 2.05) is 31.2 Å². The van der Waals surface area contributed by atoms with Gasteiger partial charge in [-0.25, -0.2) is 13.1 Å². The first-order valence-corrected chi connectivity index (χ1v) is 8.30. The number of sulfonamides is 1. The van der Waals surface area contributed by atoms with Crippen molar-refractivity contribution in [3.63, 3.8) is 0 Å². The highest BCUT2D eigenvalue weighted by Crippen LogP contribution is 2.25. The fraction of sp³-hybridized carbons (Fsp3) is 0.200. The molecule has 1 unspecified atom stereocenters. The van der Waals surface area contributed by atoms with Gasteiger partial charge in [0.15, 0.2) is 0 Å². The van der Waals surface area contributed by atoms with E-state index in [0.29, 0.717) is 5.02 Å². The first-order chi connectivity index (χ1) is 9.81. The topological polar surface area (TPSA) is 72.2 Å². The van der Waals surface area contributed by atoms with Gasteiger partial charge in [-0.15, -0.1) is 0 Å². The van der Waals surface area contributed by atoms with Crippen molar-refractivity contribution in [2.24, 2.45) is 0 Å². The minimum Gasteiger partial charge on any atom is -0.398 e. The first-order valence-electron chi connectivity index (χ1n) is 6.44. The first kappa shape index (κ1) is 15.8. The van der Waals surface area contributed by atoms with Crippen molar-refractivity contribution in [2.75, 3.05) is 5.73 Å². The van der Waals surface area contributed by atoms with Gasteiger partial charge < -0.3 is 5.73 Å². The summed E-state index contributed by atoms with van der Waals surface area (Å²) >= 11 is 5.79. The third-order valence-electron chi connectivity index (χ3n) is 3.25. The summed E-state index contributed by atoms with van der Waals surface area (Å²) in [4.78, 5) is 0.0346. The Hall–Kier alpha value is -1.56. The van der Waals surface area contributed by atoms with Crippen molar-refractivity contribution in [3.8, 4) is 0 Å². The van der Waals surface area contributed by atoms with E-state index in [9.17, 15) is 8.42 Å². The lowest BCUT2D eigenvalue weighted by Gasteiger charge is -2.17. The molecule has 0 spiro atoms. The number of aryl methyl sites for hydroxylation is 1. The molecule has 0 saturated carbocycles. The molecular formula is C15H17ClN2O2S. The Morgan fingerprint density at radius 3 is 2.48 bits per heavy atom. The van der Waals surface area contributed by atoms with Crippen LogP contribution in [0, 0.1) is 6.92 Å². The molecule has 6 heteroatoms. The van der Waals surface area contributed by atoms with Crippen LogP contribution in [0.25, 0.3) is 0 Å². The molecule has 0 saturated heterocycles. The van der Waals surface area contributed by atoms with Crippen LogP contribution in [0.3, 0.4) is 0 Å². The summed E-state index contributed by atoms with van der Waals surface area (Å²) in [5.74, 6) is 0. The number of benzene rings is 2. The van der Waals surface area contributed by atoms with Crippen molar-refractivity contribution in [2.45, 2.75) is 24.8 Å². The van der Waals surface area contributed by atoms with Gasteiger partial charge in [0, 0.05) is 11.1 Å². The highest BCUT2D eigenvalue weighted by molar-refractivity contribution is 7.89. The summed E-state index contributed by atoms with van der Waals surface area (Å²) in [5, 5.41) is 0.401. The molecule has 0 aromatic heterocycles. The zero-order valence-electron chi connectivity index (χ0n) is 11.8. The molecule has 0 bridgehead atoms. The zero-order valence-corrected chi connectivity index (χ0v) is 13.4. The monoisotopic (exact) mass is 324 g/mol. The van der Waals surface area contributed by atoms with Crippen molar-refractivity contribution in [1.82, 2.24) is 4.72 Å². The summed E-state index contributed by atoms with van der Waals surface area (Å²) in [6.07, 6.45) is 0. The van der Waals surface area contributed by atoms with Gasteiger partial charge >= 0.3 is 0 Å². The maximum Gasteiger partial charge on any atom is 0.243 e. The van der Waals surface area contributed by atoms with Crippen LogP contribution >= 0.6 is 11.6 Å². The molecule has 0 aliphatic rings. The van der Waals surface area contributed by atoms with E-state index in [1.54, 1.807) is 6.92 Å². The Labute approximate surface area is 130 Å². The molecule has 0 radical (unpaired) electrons. The van der Waals surface area contributed by atoms with Gasteiger partial charge in [0.25, 0.3) is 0 Å². The van der Waals surface area contributed by atoms with Crippen molar-refractivity contribution >= 4 is 27.3 Å². The molecule has 0 aliphatic heterocycles. The zero-order chi connectivity index (χ0) is 15.6. The molecule has 0 heterocycles. The third kappa shape index (κ3) is 3.56. The lowest BCUT2D eigenvalue weighted by molar-refractivity contribution is 0.567. The molecule has 1 atom stereocenters. The molecule has 2 rings (SSSR count). The summed E-state index contributed by atoms with van der Waals surface area (Å²) in [6, 6.07) is 11.6. The summed E-state index contributed by atoms with van der Waals surface area (Å²) in [6.45, 7) is 3.74. The Balaban J connectivity index is 2.31. The predicted octanol–water partition coefficient (Wildman–Crippen LogP) is 3.27. The summed E-state index contributed by atoms with van der Waals surface area (Å²) < 4.78 is 27.5. The maximum absolute atomic E-state index is 12.4. The second kappa shape index (κ2) is 6.05. The quantitative estimate of drug-likeness (QED) is 0.848. The third-order valence-corrected chi connectivity index (χ3v) is 5.10. The van der Waals surface area contributed by atoms with E-state index in [2.05, 4.69) is 4.72 Å². The highest BCUT2D eigenvalue weighted by atomic mass is 35.5. The van der Waals surface area contributed by atoms with Crippen LogP contribution in [-0.2, 0) is 10.0 Å². The van der Waals surface area contributed by atoms with E-state index in [1.165, 1.54) is 18.2 Å². The molecule has 0 aliphatic carbocycles. The van der Waals surface area contributed by atoms with Crippen LogP contribution in [0.2, 0.25) is 5.02 Å². The van der Waals surface area contributed by atoms with E-state index in [4.69, 9.17) is 17.3 Å². The minimum absolute atomic E-state index is 0.0346. The van der Waals surface area contributed by atoms with Crippen LogP contribution in [-0.4, -0.2) is 8.42 Å².